The number of benzene rings is 2. The summed E-state index contributed by atoms with van der Waals surface area (Å²) >= 11 is 0. The van der Waals surface area contributed by atoms with Gasteiger partial charge in [0.05, 0.1) is 12.7 Å². The number of rotatable bonds is 7. The van der Waals surface area contributed by atoms with E-state index in [2.05, 4.69) is 0 Å². The van der Waals surface area contributed by atoms with E-state index in [-0.39, 0.29) is 11.6 Å². The van der Waals surface area contributed by atoms with Crippen LogP contribution in [-0.2, 0) is 0 Å². The fourth-order valence-electron chi connectivity index (χ4n) is 2.11. The molecule has 0 saturated carbocycles. The predicted octanol–water partition coefficient (Wildman–Crippen LogP) is 3.95. The van der Waals surface area contributed by atoms with Gasteiger partial charge in [-0.25, -0.2) is 0 Å². The summed E-state index contributed by atoms with van der Waals surface area (Å²) in [5, 5.41) is 0. The van der Waals surface area contributed by atoms with Crippen molar-refractivity contribution < 1.29 is 19.1 Å². The van der Waals surface area contributed by atoms with Gasteiger partial charge in [-0.05, 0) is 43.3 Å². The van der Waals surface area contributed by atoms with E-state index in [4.69, 9.17) is 9.47 Å². The lowest BCUT2D eigenvalue weighted by atomic mass is 10.1. The van der Waals surface area contributed by atoms with Crippen molar-refractivity contribution in [3.63, 3.8) is 0 Å². The number of hydrogen-bond acceptors (Lipinski definition) is 5. The lowest BCUT2D eigenvalue weighted by molar-refractivity contribution is 0.101. The maximum absolute atomic E-state index is 12.4. The van der Waals surface area contributed by atoms with Crippen molar-refractivity contribution in [3.8, 4) is 17.2 Å². The largest absolute Gasteiger partial charge is 0.497 e. The van der Waals surface area contributed by atoms with E-state index in [1.807, 2.05) is 14.1 Å². The Balaban J connectivity index is 2.33. The van der Waals surface area contributed by atoms with E-state index in [9.17, 15) is 9.59 Å². The summed E-state index contributed by atoms with van der Waals surface area (Å²) in [5.41, 5.74) is 1.03. The molecule has 0 aliphatic heterocycles. The molecule has 0 fully saturated rings. The third-order valence-electron chi connectivity index (χ3n) is 3.47. The second-order valence-corrected chi connectivity index (χ2v) is 5.69. The van der Waals surface area contributed by atoms with Gasteiger partial charge in [-0.1, -0.05) is 0 Å². The molecule has 0 aliphatic rings. The van der Waals surface area contributed by atoms with Crippen molar-refractivity contribution in [2.24, 2.45) is 0 Å². The number of carbonyl (C=O) groups is 2. The summed E-state index contributed by atoms with van der Waals surface area (Å²) in [6, 6.07) is 11.8. The predicted molar refractivity (Wildman–Crippen MR) is 96.7 cm³/mol. The molecular formula is C20H21NO4. The van der Waals surface area contributed by atoms with E-state index >= 15 is 0 Å². The van der Waals surface area contributed by atoms with Crippen LogP contribution in [0.3, 0.4) is 0 Å². The molecule has 0 N–H and O–H groups in total. The monoisotopic (exact) mass is 339 g/mol. The second-order valence-electron chi connectivity index (χ2n) is 5.69. The molecule has 0 atom stereocenters. The third-order valence-corrected chi connectivity index (χ3v) is 3.47. The van der Waals surface area contributed by atoms with Gasteiger partial charge in [0, 0.05) is 38.0 Å². The highest BCUT2D eigenvalue weighted by atomic mass is 16.5. The first-order valence-electron chi connectivity index (χ1n) is 7.76. The SMILES string of the molecule is COc1ccc(C(=O)/C=C/N(C)C)c(Oc2ccc(C(C)=O)cc2)c1. The highest BCUT2D eigenvalue weighted by molar-refractivity contribution is 6.06. The number of ether oxygens (including phenoxy) is 2. The molecule has 0 radical (unpaired) electrons. The molecule has 0 amide bonds. The van der Waals surface area contributed by atoms with Gasteiger partial charge in [0.1, 0.15) is 17.2 Å². The average Bonchev–Trinajstić information content (AvgIpc) is 2.60. The van der Waals surface area contributed by atoms with E-state index in [1.54, 1.807) is 60.7 Å². The van der Waals surface area contributed by atoms with Gasteiger partial charge in [0.15, 0.2) is 11.6 Å². The molecule has 25 heavy (non-hydrogen) atoms. The number of nitrogens with zero attached hydrogens (tertiary/aromatic N) is 1. The van der Waals surface area contributed by atoms with Crippen LogP contribution in [0.15, 0.2) is 54.7 Å². The van der Waals surface area contributed by atoms with Crippen LogP contribution in [-0.4, -0.2) is 37.7 Å². The minimum Gasteiger partial charge on any atom is -0.497 e. The normalized spacial score (nSPS) is 10.6. The van der Waals surface area contributed by atoms with Crippen LogP contribution < -0.4 is 9.47 Å². The van der Waals surface area contributed by atoms with Crippen LogP contribution in [0, 0.1) is 0 Å². The molecule has 130 valence electrons. The molecule has 0 spiro atoms. The Hall–Kier alpha value is -3.08. The van der Waals surface area contributed by atoms with Gasteiger partial charge in [-0.15, -0.1) is 0 Å². The highest BCUT2D eigenvalue weighted by Gasteiger charge is 2.13. The molecule has 2 rings (SSSR count). The fraction of sp³-hybridized carbons (Fsp3) is 0.200. The summed E-state index contributed by atoms with van der Waals surface area (Å²) < 4.78 is 11.1. The van der Waals surface area contributed by atoms with Gasteiger partial charge in [-0.2, -0.15) is 0 Å². The van der Waals surface area contributed by atoms with E-state index < -0.39 is 0 Å². The van der Waals surface area contributed by atoms with Gasteiger partial charge >= 0.3 is 0 Å². The van der Waals surface area contributed by atoms with Crippen LogP contribution in [0.4, 0.5) is 0 Å². The maximum atomic E-state index is 12.4. The number of carbonyl (C=O) groups excluding carboxylic acids is 2. The van der Waals surface area contributed by atoms with Gasteiger partial charge in [-0.3, -0.25) is 9.59 Å². The van der Waals surface area contributed by atoms with Crippen molar-refractivity contribution in [2.45, 2.75) is 6.92 Å². The molecule has 0 saturated heterocycles. The summed E-state index contributed by atoms with van der Waals surface area (Å²) in [6.45, 7) is 1.51. The number of allylic oxidation sites excluding steroid dienone is 1. The van der Waals surface area contributed by atoms with Gasteiger partial charge in [0.2, 0.25) is 0 Å². The van der Waals surface area contributed by atoms with E-state index in [0.29, 0.717) is 28.4 Å². The molecule has 0 aromatic heterocycles. The first-order chi connectivity index (χ1) is 11.9. The fourth-order valence-corrected chi connectivity index (χ4v) is 2.11. The number of Topliss-reactive ketones (excluding diaryl/α,β-unsaturated/α-hetero) is 1. The summed E-state index contributed by atoms with van der Waals surface area (Å²) in [6.07, 6.45) is 3.16. The number of methoxy groups -OCH3 is 1. The third kappa shape index (κ3) is 4.94. The topological polar surface area (TPSA) is 55.8 Å². The first-order valence-corrected chi connectivity index (χ1v) is 7.76. The number of ketones is 2. The van der Waals surface area contributed by atoms with Crippen LogP contribution >= 0.6 is 0 Å². The van der Waals surface area contributed by atoms with Gasteiger partial charge < -0.3 is 14.4 Å². The summed E-state index contributed by atoms with van der Waals surface area (Å²) in [4.78, 5) is 25.6. The van der Waals surface area contributed by atoms with Gasteiger partial charge in [0.25, 0.3) is 0 Å². The molecule has 5 heteroatoms. The lowest BCUT2D eigenvalue weighted by Crippen LogP contribution is -2.04. The van der Waals surface area contributed by atoms with Crippen LogP contribution in [0.2, 0.25) is 0 Å². The molecule has 2 aromatic carbocycles. The van der Waals surface area contributed by atoms with E-state index in [0.717, 1.165) is 0 Å². The van der Waals surface area contributed by atoms with Crippen LogP contribution in [0.1, 0.15) is 27.6 Å². The Morgan fingerprint density at radius 2 is 1.64 bits per heavy atom. The maximum Gasteiger partial charge on any atom is 0.191 e. The molecule has 0 bridgehead atoms. The van der Waals surface area contributed by atoms with Crippen molar-refractivity contribution in [1.82, 2.24) is 4.90 Å². The molecule has 2 aromatic rings. The van der Waals surface area contributed by atoms with Crippen molar-refractivity contribution in [1.29, 1.82) is 0 Å². The zero-order chi connectivity index (χ0) is 18.4. The molecule has 5 nitrogen and oxygen atoms in total. The van der Waals surface area contributed by atoms with Crippen molar-refractivity contribution in [2.75, 3.05) is 21.2 Å². The molecule has 0 unspecified atom stereocenters. The van der Waals surface area contributed by atoms with Crippen LogP contribution in [0.5, 0.6) is 17.2 Å². The zero-order valence-corrected chi connectivity index (χ0v) is 14.8. The Morgan fingerprint density at radius 3 is 2.20 bits per heavy atom. The number of hydrogen-bond donors (Lipinski definition) is 0. The van der Waals surface area contributed by atoms with E-state index in [1.165, 1.54) is 13.0 Å². The Morgan fingerprint density at radius 1 is 1.00 bits per heavy atom. The Labute approximate surface area is 147 Å². The van der Waals surface area contributed by atoms with Crippen molar-refractivity contribution in [3.05, 3.63) is 65.9 Å². The van der Waals surface area contributed by atoms with Crippen molar-refractivity contribution >= 4 is 11.6 Å². The first kappa shape index (κ1) is 18.3. The minimum atomic E-state index is -0.174. The quantitative estimate of drug-likeness (QED) is 0.565. The molecule has 0 aliphatic carbocycles. The second kappa shape index (κ2) is 8.15. The van der Waals surface area contributed by atoms with Crippen LogP contribution in [0.25, 0.3) is 0 Å². The Bertz CT molecular complexity index is 792. The smallest absolute Gasteiger partial charge is 0.191 e. The zero-order valence-electron chi connectivity index (χ0n) is 14.8. The molecule has 0 heterocycles. The lowest BCUT2D eigenvalue weighted by Gasteiger charge is -2.12. The molecular weight excluding hydrogens is 318 g/mol. The average molecular weight is 339 g/mol. The Kier molecular flexibility index (Phi) is 5.95. The summed E-state index contributed by atoms with van der Waals surface area (Å²) in [7, 11) is 5.23. The standard InChI is InChI=1S/C20H21NO4/c1-14(22)15-5-7-16(8-6-15)25-20-13-17(24-4)9-10-18(20)19(23)11-12-21(2)3/h5-13H,1-4H3/b12-11+. The summed E-state index contributed by atoms with van der Waals surface area (Å²) in [5.74, 6) is 1.32. The highest BCUT2D eigenvalue weighted by Crippen LogP contribution is 2.30. The minimum absolute atomic E-state index is 0.0161.